The number of hydrogen-bond acceptors (Lipinski definition) is 12. The summed E-state index contributed by atoms with van der Waals surface area (Å²) in [5.41, 5.74) is 7.51. The van der Waals surface area contributed by atoms with Crippen LogP contribution in [0.5, 0.6) is 0 Å². The monoisotopic (exact) mass is 637 g/mol. The largest absolute Gasteiger partial charge is 0.481 e. The van der Waals surface area contributed by atoms with E-state index in [1.165, 1.54) is 25.0 Å². The van der Waals surface area contributed by atoms with Crippen molar-refractivity contribution in [2.45, 2.75) is 52.4 Å². The van der Waals surface area contributed by atoms with Gasteiger partial charge in [-0.05, 0) is 50.8 Å². The normalized spacial score (nSPS) is 12.3. The van der Waals surface area contributed by atoms with Crippen LogP contribution < -0.4 is 21.5 Å². The number of anilines is 1. The first-order valence-corrected chi connectivity index (χ1v) is 15.8. The number of amides is 1. The van der Waals surface area contributed by atoms with Crippen LogP contribution in [0.4, 0.5) is 11.4 Å². The predicted molar refractivity (Wildman–Crippen MR) is 169 cm³/mol. The van der Waals surface area contributed by atoms with Crippen molar-refractivity contribution in [3.8, 4) is 0 Å². The number of carboxylic acids is 1. The summed E-state index contributed by atoms with van der Waals surface area (Å²) in [5, 5.41) is 46.6. The first-order valence-electron chi connectivity index (χ1n) is 14.0. The highest BCUT2D eigenvalue weighted by atomic mass is 31.2. The molecule has 2 aromatic carbocycles. The van der Waals surface area contributed by atoms with Gasteiger partial charge in [0.2, 0.25) is 5.91 Å². The minimum atomic E-state index is -3.18. The van der Waals surface area contributed by atoms with Crippen LogP contribution in [0, 0.1) is 10.1 Å². The molecule has 0 fully saturated rings. The average Bonchev–Trinajstić information content (AvgIpc) is 2.92. The minimum Gasteiger partial charge on any atom is -0.481 e. The number of carboxylic acid groups (broad SMARTS) is 1. The van der Waals surface area contributed by atoms with Crippen molar-refractivity contribution in [2.75, 3.05) is 31.7 Å². The fraction of sp³-hybridized carbons (Fsp3) is 0.462. The molecule has 0 unspecified atom stereocenters. The lowest BCUT2D eigenvalue weighted by molar-refractivity contribution is -0.384. The fourth-order valence-corrected chi connectivity index (χ4v) is 5.59. The molecule has 0 aliphatic carbocycles. The van der Waals surface area contributed by atoms with Gasteiger partial charge >= 0.3 is 27.7 Å². The van der Waals surface area contributed by atoms with Crippen LogP contribution in [0.1, 0.15) is 49.9 Å². The summed E-state index contributed by atoms with van der Waals surface area (Å²) >= 11 is 0. The van der Waals surface area contributed by atoms with Crippen molar-refractivity contribution in [3.63, 3.8) is 0 Å². The maximum absolute atomic E-state index is 12.4. The van der Waals surface area contributed by atoms with E-state index in [1.807, 2.05) is 6.07 Å². The first-order chi connectivity index (χ1) is 20.7. The first kappa shape index (κ1) is 38.7. The van der Waals surface area contributed by atoms with E-state index >= 15 is 0 Å². The Labute approximate surface area is 257 Å². The summed E-state index contributed by atoms with van der Waals surface area (Å²) in [5.74, 6) is -1.30. The van der Waals surface area contributed by atoms with Crippen LogP contribution >= 0.6 is 7.60 Å². The third kappa shape index (κ3) is 15.4. The number of hydrogen-bond donors (Lipinski definition) is 7. The number of carbonyl (C=O) groups is 2. The number of nitrogens with two attached hydrogens (primary N) is 1. The van der Waals surface area contributed by atoms with Gasteiger partial charge in [0, 0.05) is 42.9 Å². The fourth-order valence-electron chi connectivity index (χ4n) is 4.08. The van der Waals surface area contributed by atoms with Gasteiger partial charge < -0.3 is 45.7 Å². The van der Waals surface area contributed by atoms with Crippen LogP contribution in [0.25, 0.3) is 0 Å². The van der Waals surface area contributed by atoms with Gasteiger partial charge in [0.05, 0.1) is 30.7 Å². The topological polar surface area (TPSA) is 236 Å². The Morgan fingerprint density at radius 2 is 1.50 bits per heavy atom. The molecule has 242 valence electrons. The van der Waals surface area contributed by atoms with E-state index < -0.39 is 44.7 Å². The number of nitrogen functional groups attached to an aromatic ring is 1. The highest BCUT2D eigenvalue weighted by molar-refractivity contribution is 7.53. The molecule has 44 heavy (non-hydrogen) atoms. The lowest BCUT2D eigenvalue weighted by Crippen LogP contribution is -2.38. The maximum Gasteiger partial charge on any atom is 0.374 e. The third-order valence-corrected chi connectivity index (χ3v) is 7.88. The molecule has 0 heterocycles. The van der Waals surface area contributed by atoms with Crippen molar-refractivity contribution in [1.82, 2.24) is 15.8 Å². The SMILES string of the molecule is CB(O)N[C@@H](CC(=O)O)c1cccc([N+](=O)[O-])c1.CCOP(=O)(CCNC(=O)C[C@H](NB(C)O)c1cccc(N)c1)OCC. The van der Waals surface area contributed by atoms with Gasteiger partial charge in [-0.25, -0.2) is 0 Å². The zero-order chi connectivity index (χ0) is 33.3. The summed E-state index contributed by atoms with van der Waals surface area (Å²) in [4.78, 5) is 33.1. The summed E-state index contributed by atoms with van der Waals surface area (Å²) in [6.07, 6.45) is -0.0683. The summed E-state index contributed by atoms with van der Waals surface area (Å²) in [6, 6.07) is 11.7. The molecular weight excluding hydrogens is 595 g/mol. The zero-order valence-corrected chi connectivity index (χ0v) is 26.2. The highest BCUT2D eigenvalue weighted by Gasteiger charge is 2.24. The molecule has 1 amide bonds. The number of nitrogens with zero attached hydrogens (tertiary/aromatic N) is 1. The number of benzene rings is 2. The second-order valence-corrected chi connectivity index (χ2v) is 11.8. The number of nitrogens with one attached hydrogen (secondary N) is 3. The van der Waals surface area contributed by atoms with E-state index in [2.05, 4.69) is 15.8 Å². The molecule has 8 N–H and O–H groups in total. The molecular formula is C26H42B2N5O10P. The lowest BCUT2D eigenvalue weighted by Gasteiger charge is -2.21. The van der Waals surface area contributed by atoms with Crippen molar-refractivity contribution in [1.29, 1.82) is 0 Å². The predicted octanol–water partition coefficient (Wildman–Crippen LogP) is 2.59. The maximum atomic E-state index is 12.4. The van der Waals surface area contributed by atoms with Gasteiger partial charge in [-0.1, -0.05) is 24.3 Å². The van der Waals surface area contributed by atoms with Gasteiger partial charge in [0.15, 0.2) is 0 Å². The van der Waals surface area contributed by atoms with Gasteiger partial charge in [-0.3, -0.25) is 24.3 Å². The minimum absolute atomic E-state index is 0.0991. The Kier molecular flexibility index (Phi) is 17.5. The van der Waals surface area contributed by atoms with E-state index in [0.717, 1.165) is 5.56 Å². The van der Waals surface area contributed by atoms with Crippen LogP contribution in [0.15, 0.2) is 48.5 Å². The molecule has 0 saturated carbocycles. The van der Waals surface area contributed by atoms with E-state index in [4.69, 9.17) is 19.9 Å². The van der Waals surface area contributed by atoms with Crippen molar-refractivity contribution >= 4 is 44.9 Å². The number of aliphatic carboxylic acids is 1. The summed E-state index contributed by atoms with van der Waals surface area (Å²) in [6.45, 7) is 7.24. The van der Waals surface area contributed by atoms with E-state index in [-0.39, 0.29) is 50.4 Å². The van der Waals surface area contributed by atoms with Crippen LogP contribution in [0.2, 0.25) is 13.6 Å². The molecule has 0 spiro atoms. The average molecular weight is 637 g/mol. The van der Waals surface area contributed by atoms with Crippen molar-refractivity contribution in [2.24, 2.45) is 0 Å². The lowest BCUT2D eigenvalue weighted by atomic mass is 9.85. The summed E-state index contributed by atoms with van der Waals surface area (Å²) < 4.78 is 22.7. The number of carbonyl (C=O) groups excluding carboxylic acids is 1. The molecule has 0 radical (unpaired) electrons. The van der Waals surface area contributed by atoms with Crippen LogP contribution in [0.3, 0.4) is 0 Å². The zero-order valence-electron chi connectivity index (χ0n) is 25.3. The van der Waals surface area contributed by atoms with E-state index in [0.29, 0.717) is 11.3 Å². The summed E-state index contributed by atoms with van der Waals surface area (Å²) in [7, 11) is -4.88. The Morgan fingerprint density at radius 1 is 0.977 bits per heavy atom. The third-order valence-electron chi connectivity index (χ3n) is 5.81. The number of nitro groups is 1. The molecule has 2 rings (SSSR count). The quantitative estimate of drug-likeness (QED) is 0.0410. The van der Waals surface area contributed by atoms with Crippen LogP contribution in [-0.4, -0.2) is 72.0 Å². The molecule has 15 nitrogen and oxygen atoms in total. The van der Waals surface area contributed by atoms with Gasteiger partial charge in [-0.15, -0.1) is 0 Å². The molecule has 18 heteroatoms. The standard InChI is InChI=1S/C16H29BN3O5P.C10H13BN2O5/c1-4-24-26(23,25-5-2)10-9-19-16(21)12-15(20-17(3)22)13-7-6-8-14(18)11-13;1-11(16)12-9(6-10(14)15)7-3-2-4-8(5-7)13(17)18/h6-8,11,15,20,22H,4-5,9-10,12,18H2,1-3H3,(H,19,21);2-5,9,12,16H,6H2,1H3,(H,14,15)/t15-;9-/m00/s1. The number of rotatable bonds is 18. The molecule has 0 saturated heterocycles. The van der Waals surface area contributed by atoms with E-state index in [9.17, 15) is 34.3 Å². The van der Waals surface area contributed by atoms with Crippen molar-refractivity contribution < 1.29 is 43.3 Å². The molecule has 2 atom stereocenters. The smallest absolute Gasteiger partial charge is 0.374 e. The second-order valence-electron chi connectivity index (χ2n) is 9.63. The molecule has 0 aromatic heterocycles. The number of nitro benzene ring substituents is 1. The van der Waals surface area contributed by atoms with Gasteiger partial charge in [0.25, 0.3) is 5.69 Å². The van der Waals surface area contributed by atoms with Gasteiger partial charge in [-0.2, -0.15) is 0 Å². The van der Waals surface area contributed by atoms with Crippen molar-refractivity contribution in [3.05, 3.63) is 69.8 Å². The highest BCUT2D eigenvalue weighted by Crippen LogP contribution is 2.47. The van der Waals surface area contributed by atoms with E-state index in [1.54, 1.807) is 44.9 Å². The Morgan fingerprint density at radius 3 is 1.98 bits per heavy atom. The molecule has 2 aromatic rings. The Balaban J connectivity index is 0.000000470. The number of non-ortho nitro benzene ring substituents is 1. The molecule has 0 aliphatic rings. The van der Waals surface area contributed by atoms with Gasteiger partial charge in [0.1, 0.15) is 0 Å². The van der Waals surface area contributed by atoms with Crippen LogP contribution in [-0.2, 0) is 23.2 Å². The molecule has 0 aliphatic heterocycles. The Bertz CT molecular complexity index is 1250. The Hall–Kier alpha value is -3.30. The molecule has 0 bridgehead atoms. The second kappa shape index (κ2) is 19.9.